The molecule has 2 N–H and O–H groups in total. The highest BCUT2D eigenvalue weighted by atomic mass is 35.5. The monoisotopic (exact) mass is 403 g/mol. The lowest BCUT2D eigenvalue weighted by Crippen LogP contribution is -2.32. The minimum Gasteiger partial charge on any atom is -0.454 e. The third-order valence-corrected chi connectivity index (χ3v) is 3.98. The zero-order valence-corrected chi connectivity index (χ0v) is 16.7. The molecule has 2 amide bonds. The van der Waals surface area contributed by atoms with Crippen molar-refractivity contribution in [3.8, 4) is 0 Å². The third kappa shape index (κ3) is 6.66. The molecule has 1 aromatic carbocycles. The molecule has 0 spiro atoms. The zero-order chi connectivity index (χ0) is 20.7. The maximum absolute atomic E-state index is 11.9. The fourth-order valence-corrected chi connectivity index (χ4v) is 2.38. The van der Waals surface area contributed by atoms with Crippen molar-refractivity contribution in [2.45, 2.75) is 26.2 Å². The van der Waals surface area contributed by atoms with E-state index >= 15 is 0 Å². The first kappa shape index (κ1) is 21.4. The molecule has 0 unspecified atom stereocenters. The number of pyridine rings is 1. The van der Waals surface area contributed by atoms with Crippen LogP contribution in [0.25, 0.3) is 0 Å². The molecular formula is C20H22ClN3O4. The van der Waals surface area contributed by atoms with Gasteiger partial charge in [0.05, 0.1) is 0 Å². The smallest absolute Gasteiger partial charge is 0.325 e. The molecule has 148 valence electrons. The number of esters is 1. The van der Waals surface area contributed by atoms with Gasteiger partial charge in [-0.2, -0.15) is 0 Å². The molecular weight excluding hydrogens is 382 g/mol. The van der Waals surface area contributed by atoms with Crippen molar-refractivity contribution >= 4 is 35.1 Å². The second-order valence-corrected chi connectivity index (χ2v) is 7.51. The topological polar surface area (TPSA) is 97.4 Å². The van der Waals surface area contributed by atoms with E-state index in [1.807, 2.05) is 12.1 Å². The van der Waals surface area contributed by atoms with Crippen molar-refractivity contribution in [2.75, 3.05) is 18.5 Å². The molecule has 0 radical (unpaired) electrons. The summed E-state index contributed by atoms with van der Waals surface area (Å²) in [4.78, 5) is 39.3. The molecule has 0 saturated heterocycles. The number of nitrogens with one attached hydrogen (secondary N) is 2. The Balaban J connectivity index is 1.75. The van der Waals surface area contributed by atoms with Crippen LogP contribution in [0.3, 0.4) is 0 Å². The van der Waals surface area contributed by atoms with Crippen LogP contribution < -0.4 is 10.6 Å². The van der Waals surface area contributed by atoms with Gasteiger partial charge in [-0.3, -0.25) is 19.4 Å². The summed E-state index contributed by atoms with van der Waals surface area (Å²) in [5.74, 6) is -1.78. The quantitative estimate of drug-likeness (QED) is 0.723. The second-order valence-electron chi connectivity index (χ2n) is 7.08. The van der Waals surface area contributed by atoms with Crippen LogP contribution in [0.5, 0.6) is 0 Å². The molecule has 1 heterocycles. The van der Waals surface area contributed by atoms with Crippen LogP contribution in [0, 0.1) is 0 Å². The summed E-state index contributed by atoms with van der Waals surface area (Å²) in [6.45, 7) is 5.45. The molecule has 0 aliphatic rings. The van der Waals surface area contributed by atoms with Gasteiger partial charge < -0.3 is 15.4 Å². The summed E-state index contributed by atoms with van der Waals surface area (Å²) in [6.07, 6.45) is 1.38. The lowest BCUT2D eigenvalue weighted by Gasteiger charge is -2.19. The number of carbonyl (C=O) groups excluding carboxylic acids is 3. The van der Waals surface area contributed by atoms with Gasteiger partial charge in [-0.25, -0.2) is 0 Å². The number of halogens is 1. The molecule has 0 bridgehead atoms. The van der Waals surface area contributed by atoms with Crippen LogP contribution in [0.4, 0.5) is 5.69 Å². The number of hydrogen-bond donors (Lipinski definition) is 2. The summed E-state index contributed by atoms with van der Waals surface area (Å²) in [5, 5.41) is 5.35. The highest BCUT2D eigenvalue weighted by Gasteiger charge is 2.14. The average Bonchev–Trinajstić information content (AvgIpc) is 2.64. The summed E-state index contributed by atoms with van der Waals surface area (Å²) < 4.78 is 4.85. The minimum atomic E-state index is -0.742. The zero-order valence-electron chi connectivity index (χ0n) is 15.9. The van der Waals surface area contributed by atoms with Gasteiger partial charge in [0, 0.05) is 16.9 Å². The Labute approximate surface area is 168 Å². The molecule has 0 aliphatic carbocycles. The van der Waals surface area contributed by atoms with Crippen LogP contribution >= 0.6 is 11.6 Å². The normalized spacial score (nSPS) is 10.9. The van der Waals surface area contributed by atoms with Crippen molar-refractivity contribution in [3.63, 3.8) is 0 Å². The van der Waals surface area contributed by atoms with E-state index in [4.69, 9.17) is 16.3 Å². The van der Waals surface area contributed by atoms with Crippen LogP contribution in [0.2, 0.25) is 5.02 Å². The highest BCUT2D eigenvalue weighted by molar-refractivity contribution is 6.30. The van der Waals surface area contributed by atoms with Gasteiger partial charge in [0.1, 0.15) is 12.2 Å². The number of aromatic nitrogens is 1. The Bertz CT molecular complexity index is 860. The second kappa shape index (κ2) is 9.32. The van der Waals surface area contributed by atoms with Crippen molar-refractivity contribution < 1.29 is 19.1 Å². The summed E-state index contributed by atoms with van der Waals surface area (Å²) in [6, 6.07) is 10.3. The van der Waals surface area contributed by atoms with E-state index in [-0.39, 0.29) is 17.7 Å². The van der Waals surface area contributed by atoms with E-state index < -0.39 is 24.4 Å². The van der Waals surface area contributed by atoms with Crippen molar-refractivity contribution in [3.05, 3.63) is 58.9 Å². The molecule has 28 heavy (non-hydrogen) atoms. The van der Waals surface area contributed by atoms with E-state index in [1.165, 1.54) is 18.3 Å². The lowest BCUT2D eigenvalue weighted by molar-refractivity contribution is -0.146. The van der Waals surface area contributed by atoms with E-state index in [0.29, 0.717) is 10.7 Å². The Hall–Kier alpha value is -2.93. The Morgan fingerprint density at radius 2 is 1.79 bits per heavy atom. The molecule has 2 rings (SSSR count). The van der Waals surface area contributed by atoms with E-state index in [9.17, 15) is 14.4 Å². The predicted octanol–water partition coefficient (Wildman–Crippen LogP) is 2.94. The Kier molecular flexibility index (Phi) is 7.12. The van der Waals surface area contributed by atoms with Gasteiger partial charge in [-0.1, -0.05) is 44.5 Å². The summed E-state index contributed by atoms with van der Waals surface area (Å²) >= 11 is 5.78. The fraction of sp³-hybridized carbons (Fsp3) is 0.300. The maximum Gasteiger partial charge on any atom is 0.325 e. The molecule has 0 fully saturated rings. The molecule has 0 saturated carbocycles. The minimum absolute atomic E-state index is 0.0170. The van der Waals surface area contributed by atoms with Gasteiger partial charge in [0.25, 0.3) is 11.8 Å². The number of carbonyl (C=O) groups is 3. The molecule has 1 aromatic heterocycles. The first-order chi connectivity index (χ1) is 13.1. The maximum atomic E-state index is 11.9. The van der Waals surface area contributed by atoms with E-state index in [0.717, 1.165) is 5.56 Å². The largest absolute Gasteiger partial charge is 0.454 e. The first-order valence-electron chi connectivity index (χ1n) is 8.61. The van der Waals surface area contributed by atoms with Crippen LogP contribution in [0.1, 0.15) is 36.8 Å². The van der Waals surface area contributed by atoms with Crippen LogP contribution in [0.15, 0.2) is 42.6 Å². The lowest BCUT2D eigenvalue weighted by atomic mass is 9.87. The van der Waals surface area contributed by atoms with Crippen molar-refractivity contribution in [1.29, 1.82) is 0 Å². The number of anilines is 1. The van der Waals surface area contributed by atoms with Gasteiger partial charge in [-0.15, -0.1) is 0 Å². The number of rotatable bonds is 6. The van der Waals surface area contributed by atoms with E-state index in [1.54, 1.807) is 12.1 Å². The number of amides is 2. The average molecular weight is 404 g/mol. The number of ether oxygens (including phenoxy) is 1. The van der Waals surface area contributed by atoms with Gasteiger partial charge >= 0.3 is 5.97 Å². The standard InChI is InChI=1S/C20H22ClN3O4/c1-20(2,3)13-4-6-15(7-5-13)24-17(25)12-28-18(26)11-23-19(27)16-10-14(21)8-9-22-16/h4-10H,11-12H2,1-3H3,(H,23,27)(H,24,25). The SMILES string of the molecule is CC(C)(C)c1ccc(NC(=O)COC(=O)CNC(=O)c2cc(Cl)ccn2)cc1. The number of nitrogens with zero attached hydrogens (tertiary/aromatic N) is 1. The van der Waals surface area contributed by atoms with Crippen molar-refractivity contribution in [2.24, 2.45) is 0 Å². The highest BCUT2D eigenvalue weighted by Crippen LogP contribution is 2.23. The predicted molar refractivity (Wildman–Crippen MR) is 106 cm³/mol. The molecule has 8 heteroatoms. The summed E-state index contributed by atoms with van der Waals surface area (Å²) in [7, 11) is 0. The van der Waals surface area contributed by atoms with Crippen LogP contribution in [-0.4, -0.2) is 35.9 Å². The Morgan fingerprint density at radius 1 is 1.11 bits per heavy atom. The molecule has 0 atom stereocenters. The number of benzene rings is 1. The van der Waals surface area contributed by atoms with E-state index in [2.05, 4.69) is 36.4 Å². The van der Waals surface area contributed by atoms with Gasteiger partial charge in [0.15, 0.2) is 6.61 Å². The first-order valence-corrected chi connectivity index (χ1v) is 8.99. The van der Waals surface area contributed by atoms with Crippen molar-refractivity contribution in [1.82, 2.24) is 10.3 Å². The fourth-order valence-electron chi connectivity index (χ4n) is 2.22. The number of hydrogen-bond acceptors (Lipinski definition) is 5. The Morgan fingerprint density at radius 3 is 2.39 bits per heavy atom. The van der Waals surface area contributed by atoms with Crippen LogP contribution in [-0.2, 0) is 19.7 Å². The third-order valence-electron chi connectivity index (χ3n) is 3.75. The van der Waals surface area contributed by atoms with Gasteiger partial charge in [-0.05, 0) is 35.2 Å². The molecule has 0 aliphatic heterocycles. The molecule has 7 nitrogen and oxygen atoms in total. The summed E-state index contributed by atoms with van der Waals surface area (Å²) in [5.41, 5.74) is 1.84. The van der Waals surface area contributed by atoms with Gasteiger partial charge in [0.2, 0.25) is 0 Å². The molecule has 2 aromatic rings.